The number of benzene rings is 3. The third-order valence-electron chi connectivity index (χ3n) is 5.73. The molecule has 0 bridgehead atoms. The van der Waals surface area contributed by atoms with Gasteiger partial charge in [0.1, 0.15) is 11.5 Å². The summed E-state index contributed by atoms with van der Waals surface area (Å²) in [5.74, 6) is 1.52. The van der Waals surface area contributed by atoms with Gasteiger partial charge in [0.15, 0.2) is 0 Å². The first-order valence-corrected chi connectivity index (χ1v) is 10.1. The Kier molecular flexibility index (Phi) is 4.68. The Hall–Kier alpha value is -3.27. The number of amides is 1. The van der Waals surface area contributed by atoms with E-state index in [9.17, 15) is 4.79 Å². The van der Waals surface area contributed by atoms with Crippen LogP contribution in [0.4, 0.5) is 0 Å². The Morgan fingerprint density at radius 2 is 1.55 bits per heavy atom. The van der Waals surface area contributed by atoms with E-state index < -0.39 is 0 Å². The van der Waals surface area contributed by atoms with E-state index in [2.05, 4.69) is 11.4 Å². The highest BCUT2D eigenvalue weighted by Gasteiger charge is 2.28. The zero-order valence-corrected chi connectivity index (χ0v) is 16.2. The van der Waals surface area contributed by atoms with Gasteiger partial charge in [0.2, 0.25) is 5.91 Å². The van der Waals surface area contributed by atoms with E-state index in [0.29, 0.717) is 19.8 Å². The minimum absolute atomic E-state index is 0.00864. The quantitative estimate of drug-likeness (QED) is 0.722. The van der Waals surface area contributed by atoms with Crippen LogP contribution < -0.4 is 14.8 Å². The topological polar surface area (TPSA) is 47.6 Å². The normalized spacial score (nSPS) is 14.1. The first-order valence-electron chi connectivity index (χ1n) is 10.1. The van der Waals surface area contributed by atoms with E-state index in [-0.39, 0.29) is 11.8 Å². The van der Waals surface area contributed by atoms with Gasteiger partial charge in [-0.05, 0) is 17.2 Å². The van der Waals surface area contributed by atoms with Crippen molar-refractivity contribution < 1.29 is 14.3 Å². The first-order chi connectivity index (χ1) is 14.3. The molecule has 5 rings (SSSR count). The SMILES string of the molecule is O=C(NCc1c2c(cc3c1OCC3)OCC2)C(c1ccccc1)c1ccccc1. The molecule has 29 heavy (non-hydrogen) atoms. The maximum absolute atomic E-state index is 13.3. The van der Waals surface area contributed by atoms with Crippen LogP contribution >= 0.6 is 0 Å². The van der Waals surface area contributed by atoms with Crippen molar-refractivity contribution in [1.82, 2.24) is 5.32 Å². The fraction of sp³-hybridized carbons (Fsp3) is 0.240. The molecule has 1 amide bonds. The molecule has 0 fully saturated rings. The van der Waals surface area contributed by atoms with Gasteiger partial charge in [-0.2, -0.15) is 0 Å². The molecule has 0 aliphatic carbocycles. The van der Waals surface area contributed by atoms with Crippen molar-refractivity contribution in [3.63, 3.8) is 0 Å². The van der Waals surface area contributed by atoms with E-state index in [1.807, 2.05) is 60.7 Å². The molecule has 0 aromatic heterocycles. The number of carbonyl (C=O) groups is 1. The largest absolute Gasteiger partial charge is 0.493 e. The highest BCUT2D eigenvalue weighted by atomic mass is 16.5. The van der Waals surface area contributed by atoms with Crippen molar-refractivity contribution in [1.29, 1.82) is 0 Å². The molecule has 3 aromatic carbocycles. The molecule has 0 saturated heterocycles. The summed E-state index contributed by atoms with van der Waals surface area (Å²) in [5.41, 5.74) is 5.39. The lowest BCUT2D eigenvalue weighted by Gasteiger charge is -2.19. The summed E-state index contributed by atoms with van der Waals surface area (Å²) in [6.45, 7) is 1.83. The van der Waals surface area contributed by atoms with Crippen LogP contribution in [0.3, 0.4) is 0 Å². The number of hydrogen-bond acceptors (Lipinski definition) is 3. The lowest BCUT2D eigenvalue weighted by Crippen LogP contribution is -2.30. The van der Waals surface area contributed by atoms with Crippen molar-refractivity contribution in [2.24, 2.45) is 0 Å². The van der Waals surface area contributed by atoms with E-state index in [0.717, 1.165) is 41.0 Å². The van der Waals surface area contributed by atoms with Crippen molar-refractivity contribution in [3.8, 4) is 11.5 Å². The minimum Gasteiger partial charge on any atom is -0.493 e. The smallest absolute Gasteiger partial charge is 0.232 e. The van der Waals surface area contributed by atoms with Gasteiger partial charge in [0.05, 0.1) is 19.1 Å². The maximum Gasteiger partial charge on any atom is 0.232 e. The summed E-state index contributed by atoms with van der Waals surface area (Å²) in [5, 5.41) is 3.18. The summed E-state index contributed by atoms with van der Waals surface area (Å²) >= 11 is 0. The average Bonchev–Trinajstić information content (AvgIpc) is 3.42. The van der Waals surface area contributed by atoms with Crippen LogP contribution in [0.2, 0.25) is 0 Å². The standard InChI is InChI=1S/C25H23NO3/c27-25(23(17-7-3-1-4-8-17)18-9-5-2-6-10-18)26-16-21-20-12-14-28-22(20)15-19-11-13-29-24(19)21/h1-10,15,23H,11-14,16H2,(H,26,27). The number of ether oxygens (including phenoxy) is 2. The summed E-state index contributed by atoms with van der Waals surface area (Å²) in [6, 6.07) is 22.0. The zero-order chi connectivity index (χ0) is 19.6. The lowest BCUT2D eigenvalue weighted by atomic mass is 9.90. The van der Waals surface area contributed by atoms with E-state index in [1.165, 1.54) is 11.1 Å². The van der Waals surface area contributed by atoms with Gasteiger partial charge in [0, 0.05) is 36.1 Å². The molecule has 146 valence electrons. The van der Waals surface area contributed by atoms with Gasteiger partial charge in [-0.3, -0.25) is 4.79 Å². The number of hydrogen-bond donors (Lipinski definition) is 1. The van der Waals surface area contributed by atoms with Crippen LogP contribution in [-0.2, 0) is 24.2 Å². The van der Waals surface area contributed by atoms with Crippen molar-refractivity contribution in [2.75, 3.05) is 13.2 Å². The van der Waals surface area contributed by atoms with E-state index in [4.69, 9.17) is 9.47 Å². The Bertz CT molecular complexity index is 959. The molecule has 2 aliphatic heterocycles. The molecular weight excluding hydrogens is 362 g/mol. The number of nitrogens with one attached hydrogen (secondary N) is 1. The van der Waals surface area contributed by atoms with Crippen molar-refractivity contribution in [3.05, 3.63) is 94.5 Å². The molecule has 3 aromatic rings. The molecule has 0 saturated carbocycles. The van der Waals surface area contributed by atoms with Gasteiger partial charge < -0.3 is 14.8 Å². The molecule has 0 atom stereocenters. The highest BCUT2D eigenvalue weighted by Crippen LogP contribution is 2.40. The van der Waals surface area contributed by atoms with Crippen LogP contribution in [0.25, 0.3) is 0 Å². The first kappa shape index (κ1) is 17.8. The molecule has 2 heterocycles. The van der Waals surface area contributed by atoms with Gasteiger partial charge >= 0.3 is 0 Å². The number of carbonyl (C=O) groups excluding carboxylic acids is 1. The molecule has 4 nitrogen and oxygen atoms in total. The van der Waals surface area contributed by atoms with Crippen molar-refractivity contribution >= 4 is 5.91 Å². The van der Waals surface area contributed by atoms with Gasteiger partial charge in [-0.1, -0.05) is 60.7 Å². The summed E-state index contributed by atoms with van der Waals surface area (Å²) < 4.78 is 11.7. The Morgan fingerprint density at radius 3 is 2.24 bits per heavy atom. The predicted molar refractivity (Wildman–Crippen MR) is 111 cm³/mol. The van der Waals surface area contributed by atoms with Gasteiger partial charge in [0.25, 0.3) is 0 Å². The Morgan fingerprint density at radius 1 is 0.897 bits per heavy atom. The fourth-order valence-electron chi connectivity index (χ4n) is 4.34. The average molecular weight is 385 g/mol. The van der Waals surface area contributed by atoms with Crippen LogP contribution in [0, 0.1) is 0 Å². The van der Waals surface area contributed by atoms with Crippen molar-refractivity contribution in [2.45, 2.75) is 25.3 Å². The Balaban J connectivity index is 1.44. The molecule has 2 aliphatic rings. The molecule has 0 spiro atoms. The summed E-state index contributed by atoms with van der Waals surface area (Å²) in [6.07, 6.45) is 1.75. The molecule has 4 heteroatoms. The second kappa shape index (κ2) is 7.63. The predicted octanol–water partition coefficient (Wildman–Crippen LogP) is 4.00. The van der Waals surface area contributed by atoms with Gasteiger partial charge in [-0.15, -0.1) is 0 Å². The fourth-order valence-corrected chi connectivity index (χ4v) is 4.34. The summed E-state index contributed by atoms with van der Waals surface area (Å²) in [7, 11) is 0. The third kappa shape index (κ3) is 3.35. The minimum atomic E-state index is -0.348. The van der Waals surface area contributed by atoms with Gasteiger partial charge in [-0.25, -0.2) is 0 Å². The summed E-state index contributed by atoms with van der Waals surface area (Å²) in [4.78, 5) is 13.3. The van der Waals surface area contributed by atoms with Crippen LogP contribution in [0.1, 0.15) is 33.7 Å². The number of rotatable bonds is 5. The van der Waals surface area contributed by atoms with Crippen LogP contribution in [0.5, 0.6) is 11.5 Å². The third-order valence-corrected chi connectivity index (χ3v) is 5.73. The zero-order valence-electron chi connectivity index (χ0n) is 16.2. The van der Waals surface area contributed by atoms with Crippen LogP contribution in [-0.4, -0.2) is 19.1 Å². The lowest BCUT2D eigenvalue weighted by molar-refractivity contribution is -0.121. The van der Waals surface area contributed by atoms with Crippen LogP contribution in [0.15, 0.2) is 66.7 Å². The monoisotopic (exact) mass is 385 g/mol. The van der Waals surface area contributed by atoms with E-state index in [1.54, 1.807) is 0 Å². The van der Waals surface area contributed by atoms with E-state index >= 15 is 0 Å². The molecule has 0 unspecified atom stereocenters. The molecule has 1 N–H and O–H groups in total. The second-order valence-corrected chi connectivity index (χ2v) is 7.49. The molecule has 0 radical (unpaired) electrons. The second-order valence-electron chi connectivity index (χ2n) is 7.49. The Labute approximate surface area is 170 Å². The highest BCUT2D eigenvalue weighted by molar-refractivity contribution is 5.87. The molecular formula is C25H23NO3. The maximum atomic E-state index is 13.3. The number of fused-ring (bicyclic) bond motifs is 2.